The maximum atomic E-state index is 13.0. The second-order valence-corrected chi connectivity index (χ2v) is 5.85. The van der Waals surface area contributed by atoms with Gasteiger partial charge in [-0.3, -0.25) is 14.2 Å². The number of primary amides is 1. The van der Waals surface area contributed by atoms with E-state index in [0.717, 1.165) is 0 Å². The van der Waals surface area contributed by atoms with Crippen LogP contribution in [0.2, 0.25) is 5.02 Å². The third kappa shape index (κ3) is 2.66. The summed E-state index contributed by atoms with van der Waals surface area (Å²) in [4.78, 5) is 28.9. The summed E-state index contributed by atoms with van der Waals surface area (Å²) < 4.78 is 1.37. The molecule has 0 bridgehead atoms. The maximum Gasteiger partial charge on any atom is 0.267 e. The number of nitrogens with two attached hydrogens (primary N) is 2. The van der Waals surface area contributed by atoms with Crippen LogP contribution in [0.3, 0.4) is 0 Å². The van der Waals surface area contributed by atoms with Gasteiger partial charge in [0.1, 0.15) is 5.82 Å². The fourth-order valence-corrected chi connectivity index (χ4v) is 2.81. The van der Waals surface area contributed by atoms with Crippen LogP contribution in [0.5, 0.6) is 0 Å². The molecule has 0 unspecified atom stereocenters. The molecule has 0 aliphatic heterocycles. The van der Waals surface area contributed by atoms with Gasteiger partial charge in [-0.15, -0.1) is 0 Å². The van der Waals surface area contributed by atoms with Gasteiger partial charge in [0.05, 0.1) is 27.7 Å². The summed E-state index contributed by atoms with van der Waals surface area (Å²) in [6.45, 7) is 1.73. The highest BCUT2D eigenvalue weighted by molar-refractivity contribution is 6.35. The number of amides is 1. The lowest BCUT2D eigenvalue weighted by Crippen LogP contribution is -2.28. The van der Waals surface area contributed by atoms with E-state index in [1.54, 1.807) is 43.3 Å². The molecule has 7 heteroatoms. The van der Waals surface area contributed by atoms with Crippen LogP contribution in [0.1, 0.15) is 29.1 Å². The average molecular weight is 343 g/mol. The summed E-state index contributed by atoms with van der Waals surface area (Å²) in [6.07, 6.45) is 0. The molecule has 0 saturated carbocycles. The Morgan fingerprint density at radius 1 is 1.25 bits per heavy atom. The molecule has 0 spiro atoms. The topological polar surface area (TPSA) is 104 Å². The highest BCUT2D eigenvalue weighted by atomic mass is 35.5. The van der Waals surface area contributed by atoms with E-state index in [0.29, 0.717) is 27.4 Å². The van der Waals surface area contributed by atoms with Gasteiger partial charge < -0.3 is 11.5 Å². The standard InChI is InChI=1S/C17H15ClN4O2/c1-9(19)16-21-13-7-3-6-12(18)14(13)17(24)22(16)11-5-2-4-10(8-11)15(20)23/h2-9H,19H2,1H3,(H2,20,23)/t9-/m0/s1. The molecule has 1 aromatic heterocycles. The minimum absolute atomic E-state index is 0.286. The van der Waals surface area contributed by atoms with Crippen LogP contribution in [-0.2, 0) is 0 Å². The SMILES string of the molecule is C[C@H](N)c1nc2cccc(Cl)c2c(=O)n1-c1cccc(C(N)=O)c1. The number of hydrogen-bond donors (Lipinski definition) is 2. The van der Waals surface area contributed by atoms with Gasteiger partial charge in [-0.25, -0.2) is 4.98 Å². The first-order valence-corrected chi connectivity index (χ1v) is 7.65. The van der Waals surface area contributed by atoms with Crippen LogP contribution >= 0.6 is 11.6 Å². The van der Waals surface area contributed by atoms with Crippen molar-refractivity contribution in [2.45, 2.75) is 13.0 Å². The third-order valence-electron chi connectivity index (χ3n) is 3.67. The van der Waals surface area contributed by atoms with Gasteiger partial charge in [-0.2, -0.15) is 0 Å². The minimum Gasteiger partial charge on any atom is -0.366 e. The van der Waals surface area contributed by atoms with Crippen molar-refractivity contribution in [1.29, 1.82) is 0 Å². The summed E-state index contributed by atoms with van der Waals surface area (Å²) in [5, 5.41) is 0.606. The number of hydrogen-bond acceptors (Lipinski definition) is 4. The lowest BCUT2D eigenvalue weighted by molar-refractivity contribution is 0.1000. The molecule has 122 valence electrons. The van der Waals surface area contributed by atoms with E-state index in [9.17, 15) is 9.59 Å². The Kier molecular flexibility index (Phi) is 4.09. The van der Waals surface area contributed by atoms with E-state index < -0.39 is 11.9 Å². The van der Waals surface area contributed by atoms with Crippen molar-refractivity contribution in [1.82, 2.24) is 9.55 Å². The van der Waals surface area contributed by atoms with Crippen molar-refractivity contribution >= 4 is 28.4 Å². The fourth-order valence-electron chi connectivity index (χ4n) is 2.56. The number of rotatable bonds is 3. The Bertz CT molecular complexity index is 1010. The van der Waals surface area contributed by atoms with Gasteiger partial charge in [-0.05, 0) is 37.3 Å². The monoisotopic (exact) mass is 342 g/mol. The largest absolute Gasteiger partial charge is 0.366 e. The van der Waals surface area contributed by atoms with Crippen molar-refractivity contribution < 1.29 is 4.79 Å². The van der Waals surface area contributed by atoms with Gasteiger partial charge >= 0.3 is 0 Å². The predicted octanol–water partition coefficient (Wildman–Crippen LogP) is 2.16. The van der Waals surface area contributed by atoms with Crippen molar-refractivity contribution in [3.63, 3.8) is 0 Å². The van der Waals surface area contributed by atoms with E-state index >= 15 is 0 Å². The van der Waals surface area contributed by atoms with Crippen LogP contribution in [-0.4, -0.2) is 15.5 Å². The van der Waals surface area contributed by atoms with E-state index in [-0.39, 0.29) is 11.1 Å². The molecule has 24 heavy (non-hydrogen) atoms. The lowest BCUT2D eigenvalue weighted by Gasteiger charge is -2.16. The fraction of sp³-hybridized carbons (Fsp3) is 0.118. The number of benzene rings is 2. The summed E-state index contributed by atoms with van der Waals surface area (Å²) in [7, 11) is 0. The van der Waals surface area contributed by atoms with Crippen molar-refractivity contribution in [3.05, 3.63) is 69.2 Å². The molecule has 1 heterocycles. The highest BCUT2D eigenvalue weighted by Crippen LogP contribution is 2.22. The summed E-state index contributed by atoms with van der Waals surface area (Å²) in [5.74, 6) is -0.213. The number of carbonyl (C=O) groups excluding carboxylic acids is 1. The predicted molar refractivity (Wildman–Crippen MR) is 93.5 cm³/mol. The molecule has 0 radical (unpaired) electrons. The molecule has 0 fully saturated rings. The first-order chi connectivity index (χ1) is 11.4. The molecule has 6 nitrogen and oxygen atoms in total. The lowest BCUT2D eigenvalue weighted by atomic mass is 10.1. The van der Waals surface area contributed by atoms with E-state index in [4.69, 9.17) is 23.1 Å². The van der Waals surface area contributed by atoms with Gasteiger partial charge in [0.25, 0.3) is 5.56 Å². The molecule has 0 saturated heterocycles. The van der Waals surface area contributed by atoms with Gasteiger partial charge in [-0.1, -0.05) is 23.7 Å². The van der Waals surface area contributed by atoms with Crippen molar-refractivity contribution in [3.8, 4) is 5.69 Å². The van der Waals surface area contributed by atoms with Gasteiger partial charge in [0.15, 0.2) is 0 Å². The number of halogens is 1. The molecule has 3 aromatic rings. The zero-order valence-corrected chi connectivity index (χ0v) is 13.6. The molecule has 1 amide bonds. The minimum atomic E-state index is -0.584. The quantitative estimate of drug-likeness (QED) is 0.761. The number of nitrogens with zero attached hydrogens (tertiary/aromatic N) is 2. The first-order valence-electron chi connectivity index (χ1n) is 7.27. The van der Waals surface area contributed by atoms with Crippen LogP contribution < -0.4 is 17.0 Å². The second kappa shape index (κ2) is 6.07. The first kappa shape index (κ1) is 16.2. The summed E-state index contributed by atoms with van der Waals surface area (Å²) in [6, 6.07) is 11.0. The van der Waals surface area contributed by atoms with Crippen LogP contribution in [0, 0.1) is 0 Å². The van der Waals surface area contributed by atoms with E-state index in [1.165, 1.54) is 10.6 Å². The second-order valence-electron chi connectivity index (χ2n) is 5.45. The van der Waals surface area contributed by atoms with Crippen molar-refractivity contribution in [2.24, 2.45) is 11.5 Å². The number of aromatic nitrogens is 2. The normalized spacial score (nSPS) is 12.3. The summed E-state index contributed by atoms with van der Waals surface area (Å²) in [5.41, 5.74) is 12.2. The van der Waals surface area contributed by atoms with E-state index in [1.807, 2.05) is 0 Å². The molecule has 3 rings (SSSR count). The Morgan fingerprint density at radius 2 is 1.96 bits per heavy atom. The molecular weight excluding hydrogens is 328 g/mol. The Labute approximate surface area is 142 Å². The molecular formula is C17H15ClN4O2. The highest BCUT2D eigenvalue weighted by Gasteiger charge is 2.17. The third-order valence-corrected chi connectivity index (χ3v) is 3.98. The number of fused-ring (bicyclic) bond motifs is 1. The van der Waals surface area contributed by atoms with Crippen LogP contribution in [0.25, 0.3) is 16.6 Å². The molecule has 0 aliphatic carbocycles. The molecule has 0 aliphatic rings. The molecule has 2 aromatic carbocycles. The van der Waals surface area contributed by atoms with E-state index in [2.05, 4.69) is 4.98 Å². The molecule has 4 N–H and O–H groups in total. The Balaban J connectivity index is 2.42. The van der Waals surface area contributed by atoms with Gasteiger partial charge in [0, 0.05) is 5.56 Å². The number of carbonyl (C=O) groups is 1. The molecule has 1 atom stereocenters. The Hall–Kier alpha value is -2.70. The van der Waals surface area contributed by atoms with Gasteiger partial charge in [0.2, 0.25) is 5.91 Å². The zero-order valence-electron chi connectivity index (χ0n) is 12.9. The van der Waals surface area contributed by atoms with Crippen molar-refractivity contribution in [2.75, 3.05) is 0 Å². The maximum absolute atomic E-state index is 13.0. The van der Waals surface area contributed by atoms with Crippen LogP contribution in [0.15, 0.2) is 47.3 Å². The summed E-state index contributed by atoms with van der Waals surface area (Å²) >= 11 is 6.18. The van der Waals surface area contributed by atoms with Crippen LogP contribution in [0.4, 0.5) is 0 Å². The zero-order chi connectivity index (χ0) is 17.4. The average Bonchev–Trinajstić information content (AvgIpc) is 2.54. The smallest absolute Gasteiger partial charge is 0.267 e. The Morgan fingerprint density at radius 3 is 2.62 bits per heavy atom.